The number of nitrogens with one attached hydrogen (secondary N) is 1. The Hall–Kier alpha value is -0.610. The Morgan fingerprint density at radius 3 is 2.53 bits per heavy atom. The molecule has 4 heteroatoms. The van der Waals surface area contributed by atoms with Gasteiger partial charge < -0.3 is 15.8 Å². The fraction of sp³-hybridized carbons (Fsp3) is 0.909. The van der Waals surface area contributed by atoms with Crippen LogP contribution in [0.5, 0.6) is 0 Å². The standard InChI is InChI=1S/C11H24N2O2/c1-9(11(2,3)4)7-13-10(14)8-15-6-5-12/h9H,5-8,12H2,1-4H3,(H,13,14). The third kappa shape index (κ3) is 7.33. The third-order valence-corrected chi connectivity index (χ3v) is 2.58. The van der Waals surface area contributed by atoms with Crippen molar-refractivity contribution in [1.29, 1.82) is 0 Å². The predicted octanol–water partition coefficient (Wildman–Crippen LogP) is 0.760. The SMILES string of the molecule is CC(CNC(=O)COCCN)C(C)(C)C. The molecule has 0 radical (unpaired) electrons. The number of nitrogens with two attached hydrogens (primary N) is 1. The summed E-state index contributed by atoms with van der Waals surface area (Å²) in [5, 5.41) is 2.84. The molecule has 0 saturated heterocycles. The van der Waals surface area contributed by atoms with Crippen molar-refractivity contribution in [3.05, 3.63) is 0 Å². The van der Waals surface area contributed by atoms with Gasteiger partial charge in [-0.2, -0.15) is 0 Å². The first-order chi connectivity index (χ1) is 6.88. The predicted molar refractivity (Wildman–Crippen MR) is 61.5 cm³/mol. The molecule has 0 aromatic heterocycles. The minimum Gasteiger partial charge on any atom is -0.370 e. The van der Waals surface area contributed by atoms with Crippen LogP contribution in [0.15, 0.2) is 0 Å². The smallest absolute Gasteiger partial charge is 0.246 e. The number of carbonyl (C=O) groups excluding carboxylic acids is 1. The van der Waals surface area contributed by atoms with Crippen LogP contribution in [0.4, 0.5) is 0 Å². The number of carbonyl (C=O) groups is 1. The number of rotatable bonds is 6. The highest BCUT2D eigenvalue weighted by Gasteiger charge is 2.20. The van der Waals surface area contributed by atoms with E-state index in [9.17, 15) is 4.79 Å². The third-order valence-electron chi connectivity index (χ3n) is 2.58. The van der Waals surface area contributed by atoms with Gasteiger partial charge in [0.1, 0.15) is 6.61 Å². The molecule has 0 aliphatic carbocycles. The zero-order valence-corrected chi connectivity index (χ0v) is 10.3. The summed E-state index contributed by atoms with van der Waals surface area (Å²) in [4.78, 5) is 11.3. The molecular weight excluding hydrogens is 192 g/mol. The van der Waals surface area contributed by atoms with Crippen LogP contribution in [0, 0.1) is 11.3 Å². The van der Waals surface area contributed by atoms with Gasteiger partial charge in [-0.25, -0.2) is 0 Å². The summed E-state index contributed by atoms with van der Waals surface area (Å²) in [6, 6.07) is 0. The second-order valence-corrected chi connectivity index (χ2v) is 4.91. The van der Waals surface area contributed by atoms with Crippen LogP contribution in [0.3, 0.4) is 0 Å². The molecule has 0 fully saturated rings. The molecule has 1 unspecified atom stereocenters. The quantitative estimate of drug-likeness (QED) is 0.644. The molecule has 0 heterocycles. The molecule has 90 valence electrons. The van der Waals surface area contributed by atoms with Crippen molar-refractivity contribution >= 4 is 5.91 Å². The summed E-state index contributed by atoms with van der Waals surface area (Å²) >= 11 is 0. The van der Waals surface area contributed by atoms with Crippen LogP contribution in [0.2, 0.25) is 0 Å². The highest BCUT2D eigenvalue weighted by Crippen LogP contribution is 2.24. The fourth-order valence-corrected chi connectivity index (χ4v) is 0.872. The van der Waals surface area contributed by atoms with Gasteiger partial charge in [-0.15, -0.1) is 0 Å². The highest BCUT2D eigenvalue weighted by molar-refractivity contribution is 5.77. The van der Waals surface area contributed by atoms with Crippen LogP contribution >= 0.6 is 0 Å². The van der Waals surface area contributed by atoms with E-state index in [-0.39, 0.29) is 17.9 Å². The summed E-state index contributed by atoms with van der Waals surface area (Å²) in [5.74, 6) is 0.371. The number of ether oxygens (including phenoxy) is 1. The molecule has 0 spiro atoms. The van der Waals surface area contributed by atoms with Crippen molar-refractivity contribution in [2.75, 3.05) is 26.3 Å². The lowest BCUT2D eigenvalue weighted by Crippen LogP contribution is -2.35. The number of hydrogen-bond donors (Lipinski definition) is 2. The molecule has 0 aromatic rings. The van der Waals surface area contributed by atoms with E-state index < -0.39 is 0 Å². The maximum Gasteiger partial charge on any atom is 0.246 e. The maximum absolute atomic E-state index is 11.3. The van der Waals surface area contributed by atoms with Gasteiger partial charge in [-0.1, -0.05) is 27.7 Å². The van der Waals surface area contributed by atoms with E-state index >= 15 is 0 Å². The zero-order valence-electron chi connectivity index (χ0n) is 10.3. The van der Waals surface area contributed by atoms with E-state index in [2.05, 4.69) is 33.0 Å². The second-order valence-electron chi connectivity index (χ2n) is 4.91. The fourth-order valence-electron chi connectivity index (χ4n) is 0.872. The summed E-state index contributed by atoms with van der Waals surface area (Å²) in [6.07, 6.45) is 0. The molecule has 0 aromatic carbocycles. The molecule has 1 amide bonds. The van der Waals surface area contributed by atoms with Gasteiger partial charge in [0, 0.05) is 13.1 Å². The Morgan fingerprint density at radius 1 is 1.47 bits per heavy atom. The molecular formula is C11H24N2O2. The molecule has 0 aliphatic rings. The highest BCUT2D eigenvalue weighted by atomic mass is 16.5. The molecule has 0 rings (SSSR count). The Morgan fingerprint density at radius 2 is 2.07 bits per heavy atom. The van der Waals surface area contributed by atoms with Crippen LogP contribution in [-0.2, 0) is 9.53 Å². The molecule has 0 saturated carbocycles. The van der Waals surface area contributed by atoms with Crippen molar-refractivity contribution in [2.24, 2.45) is 17.1 Å². The lowest BCUT2D eigenvalue weighted by atomic mass is 9.82. The first-order valence-corrected chi connectivity index (χ1v) is 5.42. The van der Waals surface area contributed by atoms with Crippen LogP contribution < -0.4 is 11.1 Å². The Balaban J connectivity index is 3.62. The zero-order chi connectivity index (χ0) is 11.9. The number of hydrogen-bond acceptors (Lipinski definition) is 3. The monoisotopic (exact) mass is 216 g/mol. The molecule has 15 heavy (non-hydrogen) atoms. The molecule has 0 bridgehead atoms. The van der Waals surface area contributed by atoms with Gasteiger partial charge in [-0.05, 0) is 11.3 Å². The number of amides is 1. The van der Waals surface area contributed by atoms with E-state index in [4.69, 9.17) is 10.5 Å². The van der Waals surface area contributed by atoms with Gasteiger partial charge in [-0.3, -0.25) is 4.79 Å². The molecule has 1 atom stereocenters. The first kappa shape index (κ1) is 14.4. The maximum atomic E-state index is 11.3. The Kier molecular flexibility index (Phi) is 6.52. The topological polar surface area (TPSA) is 64.3 Å². The van der Waals surface area contributed by atoms with E-state index in [1.807, 2.05) is 0 Å². The van der Waals surface area contributed by atoms with E-state index in [0.29, 0.717) is 25.6 Å². The summed E-state index contributed by atoms with van der Waals surface area (Å²) in [6.45, 7) is 10.3. The summed E-state index contributed by atoms with van der Waals surface area (Å²) in [7, 11) is 0. The van der Waals surface area contributed by atoms with E-state index in [1.165, 1.54) is 0 Å². The summed E-state index contributed by atoms with van der Waals surface area (Å²) < 4.78 is 5.03. The Labute approximate surface area is 92.6 Å². The van der Waals surface area contributed by atoms with Crippen LogP contribution in [-0.4, -0.2) is 32.2 Å². The average Bonchev–Trinajstić information content (AvgIpc) is 2.13. The average molecular weight is 216 g/mol. The van der Waals surface area contributed by atoms with Gasteiger partial charge in [0.15, 0.2) is 0 Å². The lowest BCUT2D eigenvalue weighted by Gasteiger charge is -2.27. The van der Waals surface area contributed by atoms with Gasteiger partial charge >= 0.3 is 0 Å². The van der Waals surface area contributed by atoms with Gasteiger partial charge in [0.25, 0.3) is 0 Å². The lowest BCUT2D eigenvalue weighted by molar-refractivity contribution is -0.125. The normalized spacial score (nSPS) is 13.7. The van der Waals surface area contributed by atoms with Gasteiger partial charge in [0.2, 0.25) is 5.91 Å². The van der Waals surface area contributed by atoms with Crippen LogP contribution in [0.25, 0.3) is 0 Å². The van der Waals surface area contributed by atoms with Crippen molar-refractivity contribution < 1.29 is 9.53 Å². The van der Waals surface area contributed by atoms with Crippen molar-refractivity contribution in [3.63, 3.8) is 0 Å². The minimum absolute atomic E-state index is 0.0699. The minimum atomic E-state index is -0.0699. The van der Waals surface area contributed by atoms with Crippen molar-refractivity contribution in [1.82, 2.24) is 5.32 Å². The largest absolute Gasteiger partial charge is 0.370 e. The van der Waals surface area contributed by atoms with E-state index in [1.54, 1.807) is 0 Å². The molecule has 0 aliphatic heterocycles. The molecule has 4 nitrogen and oxygen atoms in total. The van der Waals surface area contributed by atoms with E-state index in [0.717, 1.165) is 0 Å². The second kappa shape index (κ2) is 6.80. The van der Waals surface area contributed by atoms with Crippen molar-refractivity contribution in [2.45, 2.75) is 27.7 Å². The first-order valence-electron chi connectivity index (χ1n) is 5.42. The Bertz CT molecular complexity index is 188. The van der Waals surface area contributed by atoms with Crippen LogP contribution in [0.1, 0.15) is 27.7 Å². The summed E-state index contributed by atoms with van der Waals surface area (Å²) in [5.41, 5.74) is 5.45. The molecule has 3 N–H and O–H groups in total. The van der Waals surface area contributed by atoms with Gasteiger partial charge in [0.05, 0.1) is 6.61 Å². The van der Waals surface area contributed by atoms with Crippen molar-refractivity contribution in [3.8, 4) is 0 Å².